The normalized spacial score (nSPS) is 11.5. The van der Waals surface area contributed by atoms with Crippen molar-refractivity contribution in [2.45, 2.75) is 20.0 Å². The molecule has 0 aliphatic rings. The Labute approximate surface area is 166 Å². The van der Waals surface area contributed by atoms with Crippen LogP contribution in [0.2, 0.25) is 0 Å². The van der Waals surface area contributed by atoms with Gasteiger partial charge in [-0.2, -0.15) is 0 Å². The lowest BCUT2D eigenvalue weighted by Crippen LogP contribution is -2.11. The van der Waals surface area contributed by atoms with Crippen LogP contribution in [0.4, 0.5) is 5.69 Å². The minimum absolute atomic E-state index is 0.122. The highest BCUT2D eigenvalue weighted by Crippen LogP contribution is 2.26. The van der Waals surface area contributed by atoms with Crippen LogP contribution in [0.15, 0.2) is 54.6 Å². The van der Waals surface area contributed by atoms with Crippen LogP contribution in [0.1, 0.15) is 34.2 Å². The minimum Gasteiger partial charge on any atom is -0.491 e. The summed E-state index contributed by atoms with van der Waals surface area (Å²) in [6.45, 7) is 3.96. The molecule has 138 valence electrons. The molecule has 0 bridgehead atoms. The Balaban J connectivity index is 1.69. The molecular formula is C20H18ClN3O2S. The van der Waals surface area contributed by atoms with E-state index in [-0.39, 0.29) is 17.0 Å². The number of aromatic nitrogens is 2. The molecule has 7 heteroatoms. The number of halogens is 1. The van der Waals surface area contributed by atoms with Crippen LogP contribution < -0.4 is 10.1 Å². The van der Waals surface area contributed by atoms with Gasteiger partial charge in [0.1, 0.15) is 5.75 Å². The van der Waals surface area contributed by atoms with Gasteiger partial charge in [0.2, 0.25) is 5.01 Å². The quantitative estimate of drug-likeness (QED) is 0.609. The Morgan fingerprint density at radius 2 is 1.74 bits per heavy atom. The first-order valence-electron chi connectivity index (χ1n) is 8.35. The Hall–Kier alpha value is -2.70. The zero-order chi connectivity index (χ0) is 19.2. The number of para-hydroxylation sites is 1. The summed E-state index contributed by atoms with van der Waals surface area (Å²) in [7, 11) is 0. The van der Waals surface area contributed by atoms with Crippen LogP contribution in [0, 0.1) is 0 Å². The largest absolute Gasteiger partial charge is 0.491 e. The van der Waals surface area contributed by atoms with Crippen LogP contribution in [-0.4, -0.2) is 22.2 Å². The first kappa shape index (κ1) is 19.1. The van der Waals surface area contributed by atoms with Gasteiger partial charge in [-0.05, 0) is 49.8 Å². The van der Waals surface area contributed by atoms with Gasteiger partial charge in [-0.3, -0.25) is 4.79 Å². The minimum atomic E-state index is -0.315. The number of rotatable bonds is 6. The number of hydrogen-bond donors (Lipinski definition) is 1. The molecule has 27 heavy (non-hydrogen) atoms. The van der Waals surface area contributed by atoms with Crippen LogP contribution >= 0.6 is 22.9 Å². The van der Waals surface area contributed by atoms with Crippen molar-refractivity contribution in [1.82, 2.24) is 10.2 Å². The highest BCUT2D eigenvalue weighted by atomic mass is 35.5. The molecule has 1 aromatic heterocycles. The van der Waals surface area contributed by atoms with E-state index in [9.17, 15) is 4.79 Å². The zero-order valence-electron chi connectivity index (χ0n) is 14.8. The second kappa shape index (κ2) is 8.79. The fraction of sp³-hybridized carbons (Fsp3) is 0.150. The lowest BCUT2D eigenvalue weighted by Gasteiger charge is -2.09. The molecule has 0 atom stereocenters. The van der Waals surface area contributed by atoms with Crippen molar-refractivity contribution in [2.24, 2.45) is 0 Å². The van der Waals surface area contributed by atoms with E-state index in [2.05, 4.69) is 15.5 Å². The van der Waals surface area contributed by atoms with Gasteiger partial charge in [0.25, 0.3) is 5.91 Å². The first-order chi connectivity index (χ1) is 13.0. The maximum absolute atomic E-state index is 12.3. The van der Waals surface area contributed by atoms with E-state index in [0.29, 0.717) is 15.7 Å². The second-order valence-corrected chi connectivity index (χ2v) is 7.35. The number of nitrogens with zero attached hydrogens (tertiary/aromatic N) is 2. The van der Waals surface area contributed by atoms with Gasteiger partial charge < -0.3 is 10.1 Å². The molecule has 5 nitrogen and oxygen atoms in total. The Kier molecular flexibility index (Phi) is 6.21. The summed E-state index contributed by atoms with van der Waals surface area (Å²) in [5.41, 5.74) is 1.60. The van der Waals surface area contributed by atoms with Gasteiger partial charge in [0.05, 0.1) is 11.1 Å². The topological polar surface area (TPSA) is 64.1 Å². The van der Waals surface area contributed by atoms with Crippen molar-refractivity contribution >= 4 is 45.6 Å². The van der Waals surface area contributed by atoms with E-state index in [1.807, 2.05) is 56.3 Å². The monoisotopic (exact) mass is 399 g/mol. The second-order valence-electron chi connectivity index (χ2n) is 5.96. The third kappa shape index (κ3) is 5.39. The standard InChI is InChI=1S/C20H18ClN3O2S/c1-13(2)26-16-10-8-14(9-11-16)12-17(21)19-23-24-20(27-19)18(25)22-15-6-4-3-5-7-15/h3-13H,1-2H3,(H,22,25)/b17-12-. The van der Waals surface area contributed by atoms with Crippen molar-refractivity contribution < 1.29 is 9.53 Å². The zero-order valence-corrected chi connectivity index (χ0v) is 16.4. The molecular weight excluding hydrogens is 382 g/mol. The van der Waals surface area contributed by atoms with E-state index < -0.39 is 0 Å². The number of carbonyl (C=O) groups excluding carboxylic acids is 1. The Bertz CT molecular complexity index is 937. The Morgan fingerprint density at radius 3 is 2.41 bits per heavy atom. The third-order valence-corrected chi connectivity index (χ3v) is 4.76. The molecule has 2 aromatic carbocycles. The molecule has 3 rings (SSSR count). The van der Waals surface area contributed by atoms with Crippen molar-refractivity contribution in [3.63, 3.8) is 0 Å². The molecule has 0 aliphatic carbocycles. The predicted octanol–water partition coefficient (Wildman–Crippen LogP) is 5.31. The number of amides is 1. The summed E-state index contributed by atoms with van der Waals surface area (Å²) < 4.78 is 5.62. The van der Waals surface area contributed by atoms with Crippen molar-refractivity contribution in [1.29, 1.82) is 0 Å². The molecule has 0 unspecified atom stereocenters. The summed E-state index contributed by atoms with van der Waals surface area (Å²) in [6.07, 6.45) is 1.90. The van der Waals surface area contributed by atoms with Gasteiger partial charge in [0, 0.05) is 5.69 Å². The molecule has 0 saturated heterocycles. The smallest absolute Gasteiger partial charge is 0.286 e. The van der Waals surface area contributed by atoms with Crippen molar-refractivity contribution in [3.8, 4) is 5.75 Å². The summed E-state index contributed by atoms with van der Waals surface area (Å²) in [6, 6.07) is 16.8. The predicted molar refractivity (Wildman–Crippen MR) is 110 cm³/mol. The van der Waals surface area contributed by atoms with Crippen LogP contribution in [0.3, 0.4) is 0 Å². The number of nitrogens with one attached hydrogen (secondary N) is 1. The highest BCUT2D eigenvalue weighted by Gasteiger charge is 2.14. The van der Waals surface area contributed by atoms with Gasteiger partial charge in [-0.25, -0.2) is 0 Å². The molecule has 1 heterocycles. The summed E-state index contributed by atoms with van der Waals surface area (Å²) in [5, 5.41) is 11.9. The number of hydrogen-bond acceptors (Lipinski definition) is 5. The lowest BCUT2D eigenvalue weighted by molar-refractivity contribution is 0.102. The summed E-state index contributed by atoms with van der Waals surface area (Å²) >= 11 is 7.49. The molecule has 1 amide bonds. The number of anilines is 1. The van der Waals surface area contributed by atoms with E-state index in [1.165, 1.54) is 0 Å². The van der Waals surface area contributed by atoms with E-state index in [0.717, 1.165) is 22.6 Å². The molecule has 3 aromatic rings. The number of benzene rings is 2. The number of ether oxygens (including phenoxy) is 1. The average molecular weight is 400 g/mol. The van der Waals surface area contributed by atoms with E-state index in [4.69, 9.17) is 16.3 Å². The summed E-state index contributed by atoms with van der Waals surface area (Å²) in [5.74, 6) is 0.485. The molecule has 0 aliphatic heterocycles. The fourth-order valence-corrected chi connectivity index (χ4v) is 3.17. The van der Waals surface area contributed by atoms with Gasteiger partial charge in [0.15, 0.2) is 5.01 Å². The summed E-state index contributed by atoms with van der Waals surface area (Å²) in [4.78, 5) is 12.3. The third-order valence-electron chi connectivity index (χ3n) is 3.40. The van der Waals surface area contributed by atoms with Gasteiger partial charge in [-0.1, -0.05) is 53.3 Å². The van der Waals surface area contributed by atoms with Gasteiger partial charge >= 0.3 is 0 Å². The van der Waals surface area contributed by atoms with Crippen molar-refractivity contribution in [2.75, 3.05) is 5.32 Å². The maximum atomic E-state index is 12.3. The average Bonchev–Trinajstić information content (AvgIpc) is 3.14. The number of carbonyl (C=O) groups is 1. The SMILES string of the molecule is CC(C)Oc1ccc(/C=C(\Cl)c2nnc(C(=O)Nc3ccccc3)s2)cc1. The van der Waals surface area contributed by atoms with Crippen LogP contribution in [0.5, 0.6) is 5.75 Å². The lowest BCUT2D eigenvalue weighted by atomic mass is 10.2. The fourth-order valence-electron chi connectivity index (χ4n) is 2.24. The highest BCUT2D eigenvalue weighted by molar-refractivity contribution is 7.15. The van der Waals surface area contributed by atoms with Gasteiger partial charge in [-0.15, -0.1) is 10.2 Å². The molecule has 1 N–H and O–H groups in total. The molecule has 0 radical (unpaired) electrons. The molecule has 0 spiro atoms. The maximum Gasteiger partial charge on any atom is 0.286 e. The molecule has 0 saturated carbocycles. The van der Waals surface area contributed by atoms with Crippen LogP contribution in [0.25, 0.3) is 11.1 Å². The Morgan fingerprint density at radius 1 is 1.07 bits per heavy atom. The van der Waals surface area contributed by atoms with Crippen LogP contribution in [-0.2, 0) is 0 Å². The molecule has 0 fully saturated rings. The first-order valence-corrected chi connectivity index (χ1v) is 9.55. The van der Waals surface area contributed by atoms with E-state index in [1.54, 1.807) is 18.2 Å². The van der Waals surface area contributed by atoms with Crippen molar-refractivity contribution in [3.05, 3.63) is 70.2 Å². The van der Waals surface area contributed by atoms with E-state index >= 15 is 0 Å².